The average molecular weight is 1490 g/mol. The number of nitrogens with one attached hydrogen (secondary N) is 1. The van der Waals surface area contributed by atoms with Crippen molar-refractivity contribution in [2.45, 2.75) is 439 Å². The number of carbonyl (C=O) groups excluding carboxylic acids is 1. The molecule has 0 bridgehead atoms. The molecule has 3 aliphatic heterocycles. The Hall–Kier alpha value is -2.77. The van der Waals surface area contributed by atoms with Crippen molar-refractivity contribution in [2.75, 3.05) is 26.4 Å². The Morgan fingerprint density at radius 1 is 0.352 bits per heavy atom. The lowest BCUT2D eigenvalue weighted by Gasteiger charge is -2.48. The summed E-state index contributed by atoms with van der Waals surface area (Å²) in [5.74, 6) is -0.243. The molecule has 0 aliphatic carbocycles. The van der Waals surface area contributed by atoms with E-state index in [9.17, 15) is 61.0 Å². The summed E-state index contributed by atoms with van der Waals surface area (Å²) in [5.41, 5.74) is 0. The molecule has 0 aromatic carbocycles. The molecule has 0 spiro atoms. The van der Waals surface area contributed by atoms with Gasteiger partial charge in [0.15, 0.2) is 18.9 Å². The quantitative estimate of drug-likeness (QED) is 0.0199. The molecular weight excluding hydrogens is 1330 g/mol. The molecule has 3 saturated heterocycles. The van der Waals surface area contributed by atoms with Gasteiger partial charge in [-0.1, -0.05) is 337 Å². The minimum Gasteiger partial charge on any atom is -0.394 e. The van der Waals surface area contributed by atoms with E-state index in [-0.39, 0.29) is 18.9 Å². The topological polar surface area (TPSA) is 307 Å². The summed E-state index contributed by atoms with van der Waals surface area (Å²) in [5, 5.41) is 121. The maximum Gasteiger partial charge on any atom is 0.220 e. The third kappa shape index (κ3) is 45.4. The highest BCUT2D eigenvalue weighted by molar-refractivity contribution is 5.76. The van der Waals surface area contributed by atoms with Gasteiger partial charge in [-0.15, -0.1) is 0 Å². The maximum atomic E-state index is 13.5. The van der Waals surface area contributed by atoms with Crippen molar-refractivity contribution in [1.82, 2.24) is 5.32 Å². The Labute approximate surface area is 636 Å². The molecule has 0 aromatic heterocycles. The summed E-state index contributed by atoms with van der Waals surface area (Å²) in [7, 11) is 0. The first-order valence-corrected chi connectivity index (χ1v) is 42.7. The minimum absolute atomic E-state index is 0.243. The summed E-state index contributed by atoms with van der Waals surface area (Å²) < 4.78 is 34.6. The molecular formula is C86H155NO18. The van der Waals surface area contributed by atoms with Crippen LogP contribution < -0.4 is 5.32 Å². The van der Waals surface area contributed by atoms with Crippen molar-refractivity contribution >= 4 is 5.91 Å². The van der Waals surface area contributed by atoms with E-state index in [0.717, 1.165) is 89.9 Å². The number of carbonyl (C=O) groups is 1. The van der Waals surface area contributed by atoms with Crippen molar-refractivity contribution in [3.63, 3.8) is 0 Å². The first-order valence-electron chi connectivity index (χ1n) is 42.7. The van der Waals surface area contributed by atoms with Crippen molar-refractivity contribution in [2.24, 2.45) is 0 Å². The lowest BCUT2D eigenvalue weighted by Crippen LogP contribution is -2.66. The minimum atomic E-state index is -1.98. The van der Waals surface area contributed by atoms with E-state index in [1.54, 1.807) is 0 Å². The van der Waals surface area contributed by atoms with Gasteiger partial charge in [0.25, 0.3) is 0 Å². The number of hydrogen-bond acceptors (Lipinski definition) is 18. The van der Waals surface area contributed by atoms with E-state index in [1.165, 1.54) is 212 Å². The SMILES string of the molecule is CC/C=C\C/C=C\C/C=C\C/C=C\C/C=C\C/C=C\CCCCCCCCCCCCCCC(=O)NC(COC1OC(CO)C(OC2OC(CO)C(OC3OC(CO)C(O)C(O)C3O)C(O)C2O)C(O)C1O)C(O)CCCCCCCCCCCCCCCCCCCCCCCCCCCCCCC. The second-order valence-corrected chi connectivity index (χ2v) is 30.3. The van der Waals surface area contributed by atoms with E-state index in [4.69, 9.17) is 28.4 Å². The summed E-state index contributed by atoms with van der Waals surface area (Å²) in [4.78, 5) is 13.5. The van der Waals surface area contributed by atoms with Crippen LogP contribution in [0, 0.1) is 0 Å². The predicted octanol–water partition coefficient (Wildman–Crippen LogP) is 15.2. The van der Waals surface area contributed by atoms with Crippen molar-refractivity contribution < 1.29 is 89.4 Å². The van der Waals surface area contributed by atoms with Gasteiger partial charge in [-0.05, 0) is 64.2 Å². The fourth-order valence-corrected chi connectivity index (χ4v) is 14.3. The van der Waals surface area contributed by atoms with Crippen molar-refractivity contribution in [3.8, 4) is 0 Å². The highest BCUT2D eigenvalue weighted by Gasteiger charge is 2.54. The van der Waals surface area contributed by atoms with E-state index < -0.39 is 124 Å². The van der Waals surface area contributed by atoms with Crippen LogP contribution in [0.1, 0.15) is 335 Å². The van der Waals surface area contributed by atoms with Gasteiger partial charge >= 0.3 is 0 Å². The number of aliphatic hydroxyl groups is 11. The van der Waals surface area contributed by atoms with Crippen LogP contribution in [0.3, 0.4) is 0 Å². The van der Waals surface area contributed by atoms with Gasteiger partial charge in [-0.2, -0.15) is 0 Å². The largest absolute Gasteiger partial charge is 0.394 e. The van der Waals surface area contributed by atoms with Crippen LogP contribution in [0.25, 0.3) is 0 Å². The zero-order valence-electron chi connectivity index (χ0n) is 65.7. The second kappa shape index (κ2) is 65.9. The lowest BCUT2D eigenvalue weighted by atomic mass is 9.96. The van der Waals surface area contributed by atoms with Crippen LogP contribution in [0.2, 0.25) is 0 Å². The molecule has 0 saturated carbocycles. The fourth-order valence-electron chi connectivity index (χ4n) is 14.3. The van der Waals surface area contributed by atoms with Crippen LogP contribution in [-0.2, 0) is 33.2 Å². The lowest BCUT2D eigenvalue weighted by molar-refractivity contribution is -0.379. The molecule has 612 valence electrons. The highest BCUT2D eigenvalue weighted by Crippen LogP contribution is 2.33. The maximum absolute atomic E-state index is 13.5. The number of amides is 1. The van der Waals surface area contributed by atoms with Gasteiger partial charge in [0, 0.05) is 6.42 Å². The molecule has 19 nitrogen and oxygen atoms in total. The number of hydrogen-bond donors (Lipinski definition) is 12. The number of unbranched alkanes of at least 4 members (excludes halogenated alkanes) is 40. The van der Waals surface area contributed by atoms with Gasteiger partial charge in [0.2, 0.25) is 5.91 Å². The number of aliphatic hydroxyl groups excluding tert-OH is 11. The Bertz CT molecular complexity index is 2180. The molecule has 3 rings (SSSR count). The standard InChI is InChI=1S/C86H155NO18/c1-3-5-7-9-11-13-15-17-19-21-23-25-27-29-31-33-34-36-38-40-42-44-46-48-50-52-54-56-58-60-62-64-74(92)87-69(70(91)63-61-59-57-55-53-51-49-47-45-43-41-39-37-35-32-30-28-26-24-22-20-18-16-14-12-10-8-6-4-2)68-100-84-80(98)77(95)82(72(66-89)102-84)105-86-81(99)78(96)83(73(67-90)103-86)104-85-79(97)76(94)75(93)71(65-88)101-85/h5,7,11,13,17,19,23,25,29,31,34,36,69-73,75-86,88-91,93-99H,3-4,6,8-10,12,14-16,18,20-22,24,26-28,30,32-33,35,37-68H2,1-2H3,(H,87,92)/b7-5-,13-11-,19-17-,25-23-,31-29-,36-34-. The molecule has 3 heterocycles. The van der Waals surface area contributed by atoms with E-state index in [0.29, 0.717) is 12.8 Å². The summed E-state index contributed by atoms with van der Waals surface area (Å²) in [6.45, 7) is 1.73. The Morgan fingerprint density at radius 3 is 1.03 bits per heavy atom. The summed E-state index contributed by atoms with van der Waals surface area (Å²) in [6.07, 6.45) is 59.9. The van der Waals surface area contributed by atoms with Crippen LogP contribution in [-0.4, -0.2) is 193 Å². The average Bonchev–Trinajstić information content (AvgIpc) is 0.781. The van der Waals surface area contributed by atoms with Gasteiger partial charge < -0.3 is 89.9 Å². The van der Waals surface area contributed by atoms with Crippen LogP contribution in [0.4, 0.5) is 0 Å². The molecule has 3 aliphatic rings. The summed E-state index contributed by atoms with van der Waals surface area (Å²) in [6, 6.07) is -0.894. The molecule has 0 aromatic rings. The molecule has 0 radical (unpaired) electrons. The zero-order chi connectivity index (χ0) is 76.0. The van der Waals surface area contributed by atoms with Gasteiger partial charge in [0.1, 0.15) is 73.2 Å². The monoisotopic (exact) mass is 1490 g/mol. The molecule has 19 heteroatoms. The Morgan fingerprint density at radius 2 is 0.657 bits per heavy atom. The highest BCUT2D eigenvalue weighted by atomic mass is 16.8. The summed E-state index contributed by atoms with van der Waals surface area (Å²) >= 11 is 0. The van der Waals surface area contributed by atoms with E-state index in [1.807, 2.05) is 0 Å². The third-order valence-electron chi connectivity index (χ3n) is 21.0. The van der Waals surface area contributed by atoms with Crippen molar-refractivity contribution in [3.05, 3.63) is 72.9 Å². The van der Waals surface area contributed by atoms with E-state index in [2.05, 4.69) is 92.1 Å². The van der Waals surface area contributed by atoms with Crippen LogP contribution in [0.15, 0.2) is 72.9 Å². The molecule has 1 amide bonds. The zero-order valence-corrected chi connectivity index (χ0v) is 65.7. The third-order valence-corrected chi connectivity index (χ3v) is 21.0. The fraction of sp³-hybridized carbons (Fsp3) is 0.849. The molecule has 3 fully saturated rings. The van der Waals surface area contributed by atoms with E-state index >= 15 is 0 Å². The number of allylic oxidation sites excluding steroid dienone is 12. The number of ether oxygens (including phenoxy) is 6. The number of rotatable bonds is 68. The van der Waals surface area contributed by atoms with Crippen LogP contribution >= 0.6 is 0 Å². The predicted molar refractivity (Wildman–Crippen MR) is 420 cm³/mol. The van der Waals surface area contributed by atoms with Gasteiger partial charge in [0.05, 0.1) is 38.6 Å². The molecule has 17 unspecified atom stereocenters. The van der Waals surface area contributed by atoms with Crippen LogP contribution in [0.5, 0.6) is 0 Å². The van der Waals surface area contributed by atoms with Crippen molar-refractivity contribution in [1.29, 1.82) is 0 Å². The smallest absolute Gasteiger partial charge is 0.220 e. The second-order valence-electron chi connectivity index (χ2n) is 30.3. The normalized spacial score (nSPS) is 26.1. The molecule has 12 N–H and O–H groups in total. The Balaban J connectivity index is 1.35. The van der Waals surface area contributed by atoms with Gasteiger partial charge in [-0.3, -0.25) is 4.79 Å². The first kappa shape index (κ1) is 96.4. The molecule has 105 heavy (non-hydrogen) atoms. The first-order chi connectivity index (χ1) is 51.3. The Kier molecular flexibility index (Phi) is 60.5. The molecule has 17 atom stereocenters. The van der Waals surface area contributed by atoms with Gasteiger partial charge in [-0.25, -0.2) is 0 Å².